The number of hydrogen-bond acceptors (Lipinski definition) is 3. The summed E-state index contributed by atoms with van der Waals surface area (Å²) in [5, 5.41) is 21.7. The van der Waals surface area contributed by atoms with Gasteiger partial charge in [0, 0.05) is 18.2 Å². The van der Waals surface area contributed by atoms with Crippen molar-refractivity contribution in [3.63, 3.8) is 0 Å². The third kappa shape index (κ3) is 3.83. The molecule has 0 bridgehead atoms. The van der Waals surface area contributed by atoms with Crippen molar-refractivity contribution in [3.05, 3.63) is 29.3 Å². The zero-order valence-corrected chi connectivity index (χ0v) is 10.0. The molecule has 0 radical (unpaired) electrons. The van der Waals surface area contributed by atoms with Crippen molar-refractivity contribution in [2.75, 3.05) is 13.2 Å². The topological polar surface area (TPSA) is 52.5 Å². The molecule has 1 aromatic carbocycles. The zero-order valence-electron chi connectivity index (χ0n) is 10.0. The molecule has 3 heteroatoms. The Hall–Kier alpha value is -1.06. The van der Waals surface area contributed by atoms with Gasteiger partial charge in [0.1, 0.15) is 5.75 Å². The van der Waals surface area contributed by atoms with Gasteiger partial charge in [-0.2, -0.15) is 0 Å². The maximum Gasteiger partial charge on any atom is 0.120 e. The lowest BCUT2D eigenvalue weighted by atomic mass is 10.0. The van der Waals surface area contributed by atoms with Crippen LogP contribution in [0.1, 0.15) is 36.9 Å². The quantitative estimate of drug-likeness (QED) is 0.647. The largest absolute Gasteiger partial charge is 0.508 e. The summed E-state index contributed by atoms with van der Waals surface area (Å²) in [4.78, 5) is 0. The van der Waals surface area contributed by atoms with Crippen LogP contribution in [0.3, 0.4) is 0 Å². The Morgan fingerprint density at radius 3 is 2.75 bits per heavy atom. The molecule has 0 aromatic heterocycles. The highest BCUT2D eigenvalue weighted by atomic mass is 16.3. The summed E-state index contributed by atoms with van der Waals surface area (Å²) in [7, 11) is 0. The highest BCUT2D eigenvalue weighted by molar-refractivity contribution is 5.37. The first-order valence-electron chi connectivity index (χ1n) is 5.79. The highest BCUT2D eigenvalue weighted by Gasteiger charge is 2.09. The Kier molecular flexibility index (Phi) is 5.29. The van der Waals surface area contributed by atoms with Crippen molar-refractivity contribution >= 4 is 0 Å². The number of benzene rings is 1. The van der Waals surface area contributed by atoms with E-state index in [1.165, 1.54) is 0 Å². The number of phenolic OH excluding ortho intramolecular Hbond substituents is 1. The predicted molar refractivity (Wildman–Crippen MR) is 65.6 cm³/mol. The molecule has 0 saturated heterocycles. The fraction of sp³-hybridized carbons (Fsp3) is 0.538. The molecule has 1 aromatic rings. The van der Waals surface area contributed by atoms with Gasteiger partial charge in [0.2, 0.25) is 0 Å². The Balaban J connectivity index is 2.51. The van der Waals surface area contributed by atoms with E-state index >= 15 is 0 Å². The van der Waals surface area contributed by atoms with Crippen molar-refractivity contribution in [2.45, 2.75) is 32.7 Å². The third-order valence-electron chi connectivity index (χ3n) is 2.68. The number of aromatic hydroxyl groups is 1. The van der Waals surface area contributed by atoms with Crippen molar-refractivity contribution in [2.24, 2.45) is 0 Å². The predicted octanol–water partition coefficient (Wildman–Crippen LogP) is 2.12. The van der Waals surface area contributed by atoms with Crippen molar-refractivity contribution in [3.8, 4) is 5.75 Å². The standard InChI is InChI=1S/C13H21NO2/c1-10-5-6-13(16)12(9-10)11(2)14-7-3-4-8-15/h5-6,9,11,14-16H,3-4,7-8H2,1-2H3. The van der Waals surface area contributed by atoms with Crippen LogP contribution in [0.15, 0.2) is 18.2 Å². The van der Waals surface area contributed by atoms with Gasteiger partial charge in [-0.3, -0.25) is 0 Å². The minimum Gasteiger partial charge on any atom is -0.508 e. The van der Waals surface area contributed by atoms with Gasteiger partial charge in [-0.05, 0) is 39.3 Å². The van der Waals surface area contributed by atoms with E-state index in [4.69, 9.17) is 5.11 Å². The fourth-order valence-corrected chi connectivity index (χ4v) is 1.69. The number of rotatable bonds is 6. The summed E-state index contributed by atoms with van der Waals surface area (Å²) < 4.78 is 0. The van der Waals surface area contributed by atoms with Crippen LogP contribution in [-0.2, 0) is 0 Å². The SMILES string of the molecule is Cc1ccc(O)c(C(C)NCCCCO)c1. The van der Waals surface area contributed by atoms with E-state index in [1.807, 2.05) is 26.0 Å². The molecule has 0 saturated carbocycles. The summed E-state index contributed by atoms with van der Waals surface area (Å²) >= 11 is 0. The van der Waals surface area contributed by atoms with Gasteiger partial charge < -0.3 is 15.5 Å². The van der Waals surface area contributed by atoms with E-state index in [0.717, 1.165) is 30.5 Å². The lowest BCUT2D eigenvalue weighted by Crippen LogP contribution is -2.20. The van der Waals surface area contributed by atoms with Crippen LogP contribution in [0.2, 0.25) is 0 Å². The van der Waals surface area contributed by atoms with E-state index in [0.29, 0.717) is 5.75 Å². The van der Waals surface area contributed by atoms with Crippen molar-refractivity contribution in [1.29, 1.82) is 0 Å². The lowest BCUT2D eigenvalue weighted by molar-refractivity contribution is 0.282. The van der Waals surface area contributed by atoms with Crippen LogP contribution in [0.5, 0.6) is 5.75 Å². The first-order chi connectivity index (χ1) is 7.65. The Morgan fingerprint density at radius 2 is 2.06 bits per heavy atom. The minimum absolute atomic E-state index is 0.138. The second kappa shape index (κ2) is 6.51. The number of nitrogens with one attached hydrogen (secondary N) is 1. The second-order valence-electron chi connectivity index (χ2n) is 4.17. The van der Waals surface area contributed by atoms with Crippen LogP contribution in [0, 0.1) is 6.92 Å². The molecule has 0 aliphatic carbocycles. The van der Waals surface area contributed by atoms with Crippen molar-refractivity contribution in [1.82, 2.24) is 5.32 Å². The molecule has 16 heavy (non-hydrogen) atoms. The van der Waals surface area contributed by atoms with Gasteiger partial charge in [0.15, 0.2) is 0 Å². The molecule has 0 amide bonds. The molecular weight excluding hydrogens is 202 g/mol. The molecule has 1 atom stereocenters. The summed E-state index contributed by atoms with van der Waals surface area (Å²) in [6.45, 7) is 5.15. The lowest BCUT2D eigenvalue weighted by Gasteiger charge is -2.16. The summed E-state index contributed by atoms with van der Waals surface area (Å²) in [6, 6.07) is 5.77. The number of aliphatic hydroxyl groups excluding tert-OH is 1. The average Bonchev–Trinajstić information content (AvgIpc) is 2.27. The molecule has 3 N–H and O–H groups in total. The Labute approximate surface area is 97.1 Å². The van der Waals surface area contributed by atoms with Gasteiger partial charge >= 0.3 is 0 Å². The normalized spacial score (nSPS) is 12.7. The maximum absolute atomic E-state index is 9.73. The molecule has 3 nitrogen and oxygen atoms in total. The van der Waals surface area contributed by atoms with Crippen LogP contribution in [0.4, 0.5) is 0 Å². The van der Waals surface area contributed by atoms with Gasteiger partial charge in [-0.1, -0.05) is 17.7 Å². The Morgan fingerprint density at radius 1 is 1.31 bits per heavy atom. The maximum atomic E-state index is 9.73. The van der Waals surface area contributed by atoms with Crippen LogP contribution < -0.4 is 5.32 Å². The van der Waals surface area contributed by atoms with Crippen molar-refractivity contribution < 1.29 is 10.2 Å². The average molecular weight is 223 g/mol. The van der Waals surface area contributed by atoms with Crippen LogP contribution in [0.25, 0.3) is 0 Å². The molecule has 0 aliphatic heterocycles. The number of unbranched alkanes of at least 4 members (excludes halogenated alkanes) is 1. The monoisotopic (exact) mass is 223 g/mol. The molecule has 0 fully saturated rings. The Bertz CT molecular complexity index is 326. The number of hydrogen-bond donors (Lipinski definition) is 3. The van der Waals surface area contributed by atoms with Crippen LogP contribution in [-0.4, -0.2) is 23.4 Å². The summed E-state index contributed by atoms with van der Waals surface area (Å²) in [5.41, 5.74) is 2.08. The molecule has 0 aliphatic rings. The number of aryl methyl sites for hydroxylation is 1. The smallest absolute Gasteiger partial charge is 0.120 e. The first kappa shape index (κ1) is 13.0. The second-order valence-corrected chi connectivity index (χ2v) is 4.17. The molecular formula is C13H21NO2. The van der Waals surface area contributed by atoms with E-state index < -0.39 is 0 Å². The van der Waals surface area contributed by atoms with E-state index in [9.17, 15) is 5.11 Å². The zero-order chi connectivity index (χ0) is 12.0. The van der Waals surface area contributed by atoms with E-state index in [1.54, 1.807) is 6.07 Å². The number of phenols is 1. The summed E-state index contributed by atoms with van der Waals surface area (Å²) in [5.74, 6) is 0.341. The van der Waals surface area contributed by atoms with Gasteiger partial charge in [-0.15, -0.1) is 0 Å². The fourth-order valence-electron chi connectivity index (χ4n) is 1.69. The first-order valence-corrected chi connectivity index (χ1v) is 5.79. The van der Waals surface area contributed by atoms with Gasteiger partial charge in [-0.25, -0.2) is 0 Å². The van der Waals surface area contributed by atoms with E-state index in [2.05, 4.69) is 5.32 Å². The molecule has 1 rings (SSSR count). The van der Waals surface area contributed by atoms with E-state index in [-0.39, 0.29) is 12.6 Å². The third-order valence-corrected chi connectivity index (χ3v) is 2.68. The molecule has 0 heterocycles. The summed E-state index contributed by atoms with van der Waals surface area (Å²) in [6.07, 6.45) is 1.77. The molecule has 0 spiro atoms. The van der Waals surface area contributed by atoms with Crippen LogP contribution >= 0.6 is 0 Å². The number of aliphatic hydroxyl groups is 1. The molecule has 1 unspecified atom stereocenters. The van der Waals surface area contributed by atoms with Gasteiger partial charge in [0.25, 0.3) is 0 Å². The minimum atomic E-state index is 0.138. The van der Waals surface area contributed by atoms with Gasteiger partial charge in [0.05, 0.1) is 0 Å². The highest BCUT2D eigenvalue weighted by Crippen LogP contribution is 2.24. The molecule has 90 valence electrons.